The summed E-state index contributed by atoms with van der Waals surface area (Å²) in [6.07, 6.45) is 1.84. The highest BCUT2D eigenvalue weighted by molar-refractivity contribution is 5.48. The Morgan fingerprint density at radius 1 is 1.19 bits per heavy atom. The van der Waals surface area contributed by atoms with Crippen LogP contribution in [0, 0.1) is 0 Å². The molecule has 0 radical (unpaired) electrons. The van der Waals surface area contributed by atoms with Crippen molar-refractivity contribution in [2.24, 2.45) is 0 Å². The Hall–Kier alpha value is -1.17. The van der Waals surface area contributed by atoms with Crippen molar-refractivity contribution in [3.63, 3.8) is 0 Å². The Balaban J connectivity index is 2.84. The number of ether oxygens (including phenoxy) is 2. The van der Waals surface area contributed by atoms with Gasteiger partial charge in [0.25, 0.3) is 0 Å². The molecule has 0 aromatic carbocycles. The summed E-state index contributed by atoms with van der Waals surface area (Å²) in [4.78, 5) is 6.82. The van der Waals surface area contributed by atoms with Crippen molar-refractivity contribution in [2.75, 3.05) is 51.5 Å². The molecule has 1 heterocycles. The zero-order valence-corrected chi connectivity index (χ0v) is 13.8. The zero-order chi connectivity index (χ0) is 15.5. The lowest BCUT2D eigenvalue weighted by atomic mass is 10.1. The van der Waals surface area contributed by atoms with E-state index in [2.05, 4.69) is 28.2 Å². The van der Waals surface area contributed by atoms with E-state index in [4.69, 9.17) is 9.47 Å². The highest BCUT2D eigenvalue weighted by Gasteiger charge is 2.15. The van der Waals surface area contributed by atoms with E-state index in [9.17, 15) is 0 Å². The number of pyridine rings is 1. The van der Waals surface area contributed by atoms with E-state index in [0.29, 0.717) is 13.2 Å². The third-order valence-electron chi connectivity index (χ3n) is 3.44. The lowest BCUT2D eigenvalue weighted by Crippen LogP contribution is -2.33. The van der Waals surface area contributed by atoms with E-state index >= 15 is 0 Å². The number of nitrogens with one attached hydrogen (secondary N) is 1. The summed E-state index contributed by atoms with van der Waals surface area (Å²) >= 11 is 0. The molecular weight excluding hydrogens is 266 g/mol. The van der Waals surface area contributed by atoms with Crippen molar-refractivity contribution < 1.29 is 9.47 Å². The van der Waals surface area contributed by atoms with Crippen LogP contribution in [0.1, 0.15) is 32.4 Å². The molecule has 5 nitrogen and oxygen atoms in total. The number of anilines is 1. The minimum atomic E-state index is 0.260. The third-order valence-corrected chi connectivity index (χ3v) is 3.44. The molecule has 0 aliphatic heterocycles. The fraction of sp³-hybridized carbons (Fsp3) is 0.688. The molecule has 120 valence electrons. The van der Waals surface area contributed by atoms with E-state index < -0.39 is 0 Å². The van der Waals surface area contributed by atoms with Gasteiger partial charge in [0.05, 0.1) is 13.2 Å². The van der Waals surface area contributed by atoms with Crippen LogP contribution < -0.4 is 10.2 Å². The largest absolute Gasteiger partial charge is 0.380 e. The number of hydrogen-bond acceptors (Lipinski definition) is 5. The molecule has 0 aliphatic carbocycles. The first-order valence-corrected chi connectivity index (χ1v) is 7.77. The first-order valence-electron chi connectivity index (χ1n) is 7.77. The van der Waals surface area contributed by atoms with Gasteiger partial charge in [-0.05, 0) is 33.9 Å². The van der Waals surface area contributed by atoms with E-state index in [-0.39, 0.29) is 6.04 Å². The molecule has 0 fully saturated rings. The van der Waals surface area contributed by atoms with Crippen LogP contribution in [0.25, 0.3) is 0 Å². The quantitative estimate of drug-likeness (QED) is 0.634. The minimum absolute atomic E-state index is 0.260. The van der Waals surface area contributed by atoms with Crippen LogP contribution >= 0.6 is 0 Å². The molecule has 0 amide bonds. The number of hydrogen-bond donors (Lipinski definition) is 1. The molecular formula is C16H29N3O2. The zero-order valence-electron chi connectivity index (χ0n) is 13.8. The number of nitrogens with zero attached hydrogens (tertiary/aromatic N) is 2. The average molecular weight is 295 g/mol. The van der Waals surface area contributed by atoms with Gasteiger partial charge in [-0.25, -0.2) is 4.98 Å². The number of aromatic nitrogens is 1. The molecule has 0 spiro atoms. The summed E-state index contributed by atoms with van der Waals surface area (Å²) in [5.74, 6) is 1.01. The van der Waals surface area contributed by atoms with Gasteiger partial charge in [0.15, 0.2) is 0 Å². The molecule has 0 saturated heterocycles. The van der Waals surface area contributed by atoms with Crippen molar-refractivity contribution in [1.29, 1.82) is 0 Å². The van der Waals surface area contributed by atoms with Crippen LogP contribution in [0.15, 0.2) is 18.3 Å². The van der Waals surface area contributed by atoms with Crippen LogP contribution in [-0.2, 0) is 9.47 Å². The third kappa shape index (κ3) is 5.99. The minimum Gasteiger partial charge on any atom is -0.380 e. The predicted molar refractivity (Wildman–Crippen MR) is 86.9 cm³/mol. The smallest absolute Gasteiger partial charge is 0.133 e. The molecule has 1 aromatic rings. The first kappa shape index (κ1) is 17.9. The monoisotopic (exact) mass is 295 g/mol. The maximum atomic E-state index is 5.49. The Kier molecular flexibility index (Phi) is 8.98. The van der Waals surface area contributed by atoms with Gasteiger partial charge in [-0.3, -0.25) is 0 Å². The lowest BCUT2D eigenvalue weighted by molar-refractivity contribution is 0.141. The highest BCUT2D eigenvalue weighted by atomic mass is 16.5. The highest BCUT2D eigenvalue weighted by Crippen LogP contribution is 2.23. The first-order chi connectivity index (χ1) is 10.2. The van der Waals surface area contributed by atoms with Crippen molar-refractivity contribution in [3.05, 3.63) is 23.9 Å². The van der Waals surface area contributed by atoms with Crippen molar-refractivity contribution in [1.82, 2.24) is 10.3 Å². The Morgan fingerprint density at radius 2 is 1.81 bits per heavy atom. The van der Waals surface area contributed by atoms with Crippen molar-refractivity contribution in [3.8, 4) is 0 Å². The van der Waals surface area contributed by atoms with Gasteiger partial charge in [0.2, 0.25) is 0 Å². The summed E-state index contributed by atoms with van der Waals surface area (Å²) in [5.41, 5.74) is 1.20. The SMILES string of the molecule is CCOCCN(CCOCC)c1ncccc1C(C)NC. The molecule has 21 heavy (non-hydrogen) atoms. The second-order valence-electron chi connectivity index (χ2n) is 4.81. The number of rotatable bonds is 11. The maximum absolute atomic E-state index is 5.49. The molecule has 1 unspecified atom stereocenters. The van der Waals surface area contributed by atoms with Crippen LogP contribution in [0.3, 0.4) is 0 Å². The molecule has 1 rings (SSSR count). The fourth-order valence-corrected chi connectivity index (χ4v) is 2.13. The summed E-state index contributed by atoms with van der Waals surface area (Å²) < 4.78 is 11.0. The van der Waals surface area contributed by atoms with Crippen LogP contribution in [-0.4, -0.2) is 51.5 Å². The van der Waals surface area contributed by atoms with Gasteiger partial charge >= 0.3 is 0 Å². The summed E-state index contributed by atoms with van der Waals surface area (Å²) in [7, 11) is 1.96. The van der Waals surface area contributed by atoms with E-state index in [1.165, 1.54) is 5.56 Å². The second-order valence-corrected chi connectivity index (χ2v) is 4.81. The van der Waals surface area contributed by atoms with Gasteiger partial charge in [-0.15, -0.1) is 0 Å². The van der Waals surface area contributed by atoms with E-state index in [1.54, 1.807) is 0 Å². The Labute approximate surface area is 128 Å². The van der Waals surface area contributed by atoms with E-state index in [1.807, 2.05) is 33.2 Å². The average Bonchev–Trinajstić information content (AvgIpc) is 2.53. The molecule has 0 aliphatic rings. The molecule has 0 bridgehead atoms. The van der Waals surface area contributed by atoms with Crippen LogP contribution in [0.4, 0.5) is 5.82 Å². The Bertz CT molecular complexity index is 378. The van der Waals surface area contributed by atoms with Gasteiger partial charge in [-0.1, -0.05) is 6.07 Å². The van der Waals surface area contributed by atoms with Gasteiger partial charge < -0.3 is 19.7 Å². The van der Waals surface area contributed by atoms with Gasteiger partial charge in [-0.2, -0.15) is 0 Å². The molecule has 1 aromatic heterocycles. The topological polar surface area (TPSA) is 46.6 Å². The van der Waals surface area contributed by atoms with E-state index in [0.717, 1.165) is 32.1 Å². The van der Waals surface area contributed by atoms with Gasteiger partial charge in [0.1, 0.15) is 5.82 Å². The van der Waals surface area contributed by atoms with Crippen LogP contribution in [0.5, 0.6) is 0 Å². The normalized spacial score (nSPS) is 12.4. The molecule has 1 N–H and O–H groups in total. The predicted octanol–water partition coefficient (Wildman–Crippen LogP) is 2.24. The standard InChI is InChI=1S/C16H29N3O2/c1-5-20-12-10-19(11-13-21-6-2)16-15(14(3)17-4)8-7-9-18-16/h7-9,14,17H,5-6,10-13H2,1-4H3. The molecule has 0 saturated carbocycles. The molecule has 5 heteroatoms. The van der Waals surface area contributed by atoms with Gasteiger partial charge in [0, 0.05) is 44.1 Å². The molecule has 1 atom stereocenters. The summed E-state index contributed by atoms with van der Waals surface area (Å²) in [6, 6.07) is 4.36. The second kappa shape index (κ2) is 10.5. The van der Waals surface area contributed by atoms with Crippen molar-refractivity contribution >= 4 is 5.82 Å². The summed E-state index contributed by atoms with van der Waals surface area (Å²) in [5, 5.41) is 3.28. The maximum Gasteiger partial charge on any atom is 0.133 e. The Morgan fingerprint density at radius 3 is 2.33 bits per heavy atom. The summed E-state index contributed by atoms with van der Waals surface area (Å²) in [6.45, 7) is 10.7. The fourth-order valence-electron chi connectivity index (χ4n) is 2.13. The van der Waals surface area contributed by atoms with Crippen molar-refractivity contribution in [2.45, 2.75) is 26.8 Å². The van der Waals surface area contributed by atoms with Crippen LogP contribution in [0.2, 0.25) is 0 Å². The lowest BCUT2D eigenvalue weighted by Gasteiger charge is -2.27.